The molecule has 2 aromatic rings. The molecule has 0 atom stereocenters. The summed E-state index contributed by atoms with van der Waals surface area (Å²) in [6.45, 7) is 6.73. The lowest BCUT2D eigenvalue weighted by Gasteiger charge is -2.21. The lowest BCUT2D eigenvalue weighted by atomic mass is 9.89. The number of hydrogen-bond acceptors (Lipinski definition) is 4. The molecule has 1 amide bonds. The normalized spacial score (nSPS) is 11.2. The third-order valence-corrected chi connectivity index (χ3v) is 3.09. The quantitative estimate of drug-likeness (QED) is 0.932. The Morgan fingerprint density at radius 2 is 1.90 bits per heavy atom. The second kappa shape index (κ2) is 6.43. The summed E-state index contributed by atoms with van der Waals surface area (Å²) in [7, 11) is 0. The maximum absolute atomic E-state index is 12.0. The average Bonchev–Trinajstić information content (AvgIpc) is 2.45. The molecule has 5 nitrogen and oxygen atoms in total. The van der Waals surface area contributed by atoms with E-state index in [2.05, 4.69) is 41.0 Å². The number of nitrogens with zero attached hydrogens (tertiary/aromatic N) is 3. The van der Waals surface area contributed by atoms with E-state index in [4.69, 9.17) is 0 Å². The minimum atomic E-state index is -0.0753. The highest BCUT2D eigenvalue weighted by atomic mass is 16.1. The number of pyridine rings is 1. The van der Waals surface area contributed by atoms with Gasteiger partial charge in [0, 0.05) is 36.1 Å². The molecule has 0 spiro atoms. The molecule has 0 saturated heterocycles. The van der Waals surface area contributed by atoms with Gasteiger partial charge in [0.25, 0.3) is 0 Å². The highest BCUT2D eigenvalue weighted by Crippen LogP contribution is 2.22. The van der Waals surface area contributed by atoms with Crippen LogP contribution in [0.2, 0.25) is 0 Å². The molecular weight excluding hydrogens is 264 g/mol. The van der Waals surface area contributed by atoms with Crippen LogP contribution in [-0.2, 0) is 23.2 Å². The molecule has 0 aromatic carbocycles. The monoisotopic (exact) mass is 284 g/mol. The van der Waals surface area contributed by atoms with E-state index in [0.717, 1.165) is 16.8 Å². The first-order valence-electron chi connectivity index (χ1n) is 6.92. The fourth-order valence-electron chi connectivity index (χ4n) is 2.11. The van der Waals surface area contributed by atoms with Gasteiger partial charge in [-0.2, -0.15) is 0 Å². The van der Waals surface area contributed by atoms with Crippen molar-refractivity contribution < 1.29 is 4.79 Å². The van der Waals surface area contributed by atoms with Gasteiger partial charge in [-0.05, 0) is 17.7 Å². The van der Waals surface area contributed by atoms with Crippen molar-refractivity contribution >= 4 is 5.91 Å². The Balaban J connectivity index is 1.99. The number of carbonyl (C=O) groups excluding carboxylic acids is 1. The maximum Gasteiger partial charge on any atom is 0.224 e. The Morgan fingerprint density at radius 3 is 2.57 bits per heavy atom. The van der Waals surface area contributed by atoms with Gasteiger partial charge in [0.2, 0.25) is 5.91 Å². The first kappa shape index (κ1) is 15.1. The van der Waals surface area contributed by atoms with Crippen LogP contribution in [0.1, 0.15) is 37.6 Å². The van der Waals surface area contributed by atoms with Gasteiger partial charge >= 0.3 is 0 Å². The van der Waals surface area contributed by atoms with E-state index >= 15 is 0 Å². The standard InChI is InChI=1S/C16H20N4O/c1-16(2,3)15-13(9-18-11-20-15)10-19-14(21)8-12-4-6-17-7-5-12/h4-7,9,11H,8,10H2,1-3H3,(H,19,21). The van der Waals surface area contributed by atoms with Crippen LogP contribution in [-0.4, -0.2) is 20.9 Å². The van der Waals surface area contributed by atoms with Crippen molar-refractivity contribution in [2.24, 2.45) is 0 Å². The SMILES string of the molecule is CC(C)(C)c1ncncc1CNC(=O)Cc1ccncc1. The number of carbonyl (C=O) groups is 1. The highest BCUT2D eigenvalue weighted by molar-refractivity contribution is 5.78. The zero-order valence-electron chi connectivity index (χ0n) is 12.6. The largest absolute Gasteiger partial charge is 0.352 e. The molecule has 2 heterocycles. The molecule has 0 aliphatic rings. The molecule has 5 heteroatoms. The van der Waals surface area contributed by atoms with E-state index in [0.29, 0.717) is 13.0 Å². The highest BCUT2D eigenvalue weighted by Gasteiger charge is 2.19. The predicted molar refractivity (Wildman–Crippen MR) is 80.5 cm³/mol. The topological polar surface area (TPSA) is 67.8 Å². The number of nitrogens with one attached hydrogen (secondary N) is 1. The Bertz CT molecular complexity index is 605. The molecule has 0 fully saturated rings. The van der Waals surface area contributed by atoms with Gasteiger partial charge in [-0.25, -0.2) is 9.97 Å². The third kappa shape index (κ3) is 4.34. The smallest absolute Gasteiger partial charge is 0.224 e. The molecule has 0 saturated carbocycles. The molecular formula is C16H20N4O. The number of hydrogen-bond donors (Lipinski definition) is 1. The van der Waals surface area contributed by atoms with Crippen LogP contribution < -0.4 is 5.32 Å². The predicted octanol–water partition coefficient (Wildman–Crippen LogP) is 2.03. The van der Waals surface area contributed by atoms with Crippen molar-refractivity contribution in [3.63, 3.8) is 0 Å². The Kier molecular flexibility index (Phi) is 4.62. The summed E-state index contributed by atoms with van der Waals surface area (Å²) in [5.74, 6) is -0.0232. The van der Waals surface area contributed by atoms with Crippen LogP contribution in [0.15, 0.2) is 37.1 Å². The van der Waals surface area contributed by atoms with Crippen molar-refractivity contribution in [1.29, 1.82) is 0 Å². The van der Waals surface area contributed by atoms with E-state index < -0.39 is 0 Å². The van der Waals surface area contributed by atoms with Gasteiger partial charge in [-0.3, -0.25) is 9.78 Å². The zero-order valence-corrected chi connectivity index (χ0v) is 12.6. The molecule has 0 aliphatic heterocycles. The second-order valence-corrected chi connectivity index (χ2v) is 5.96. The summed E-state index contributed by atoms with van der Waals surface area (Å²) in [4.78, 5) is 24.3. The summed E-state index contributed by atoms with van der Waals surface area (Å²) >= 11 is 0. The van der Waals surface area contributed by atoms with Crippen LogP contribution >= 0.6 is 0 Å². The van der Waals surface area contributed by atoms with Gasteiger partial charge in [0.1, 0.15) is 6.33 Å². The number of aromatic nitrogens is 3. The van der Waals surface area contributed by atoms with Gasteiger partial charge in [-0.15, -0.1) is 0 Å². The maximum atomic E-state index is 12.0. The zero-order chi connectivity index (χ0) is 15.3. The van der Waals surface area contributed by atoms with E-state index in [-0.39, 0.29) is 11.3 Å². The minimum absolute atomic E-state index is 0.0232. The average molecular weight is 284 g/mol. The number of amides is 1. The van der Waals surface area contributed by atoms with E-state index in [9.17, 15) is 4.79 Å². The molecule has 1 N–H and O–H groups in total. The number of rotatable bonds is 4. The lowest BCUT2D eigenvalue weighted by molar-refractivity contribution is -0.120. The molecule has 2 rings (SSSR count). The van der Waals surface area contributed by atoms with Crippen LogP contribution in [0, 0.1) is 0 Å². The van der Waals surface area contributed by atoms with Gasteiger partial charge < -0.3 is 5.32 Å². The molecule has 0 aliphatic carbocycles. The van der Waals surface area contributed by atoms with Crippen LogP contribution in [0.5, 0.6) is 0 Å². The van der Waals surface area contributed by atoms with Crippen LogP contribution in [0.25, 0.3) is 0 Å². The Hall–Kier alpha value is -2.30. The molecule has 110 valence electrons. The molecule has 2 aromatic heterocycles. The molecule has 21 heavy (non-hydrogen) atoms. The summed E-state index contributed by atoms with van der Waals surface area (Å²) in [5, 5.41) is 2.92. The Labute approximate surface area is 124 Å². The van der Waals surface area contributed by atoms with Crippen LogP contribution in [0.4, 0.5) is 0 Å². The van der Waals surface area contributed by atoms with Crippen molar-refractivity contribution in [3.8, 4) is 0 Å². The molecule has 0 unspecified atom stereocenters. The Morgan fingerprint density at radius 1 is 1.19 bits per heavy atom. The van der Waals surface area contributed by atoms with Gasteiger partial charge in [0.05, 0.1) is 12.1 Å². The fraction of sp³-hybridized carbons (Fsp3) is 0.375. The van der Waals surface area contributed by atoms with Crippen LogP contribution in [0.3, 0.4) is 0 Å². The van der Waals surface area contributed by atoms with Crippen molar-refractivity contribution in [3.05, 3.63) is 53.9 Å². The van der Waals surface area contributed by atoms with E-state index in [1.807, 2.05) is 12.1 Å². The van der Waals surface area contributed by atoms with Gasteiger partial charge in [0.15, 0.2) is 0 Å². The van der Waals surface area contributed by atoms with Crippen molar-refractivity contribution in [1.82, 2.24) is 20.3 Å². The molecule has 0 radical (unpaired) electrons. The summed E-state index contributed by atoms with van der Waals surface area (Å²) in [6, 6.07) is 3.68. The van der Waals surface area contributed by atoms with Crippen molar-refractivity contribution in [2.75, 3.05) is 0 Å². The summed E-state index contributed by atoms with van der Waals surface area (Å²) < 4.78 is 0. The first-order valence-corrected chi connectivity index (χ1v) is 6.92. The lowest BCUT2D eigenvalue weighted by Crippen LogP contribution is -2.27. The summed E-state index contributed by atoms with van der Waals surface area (Å²) in [6.07, 6.45) is 7.03. The van der Waals surface area contributed by atoms with Crippen molar-refractivity contribution in [2.45, 2.75) is 39.2 Å². The first-order chi connectivity index (χ1) is 9.97. The fourth-order valence-corrected chi connectivity index (χ4v) is 2.11. The second-order valence-electron chi connectivity index (χ2n) is 5.96. The molecule has 0 bridgehead atoms. The van der Waals surface area contributed by atoms with Gasteiger partial charge in [-0.1, -0.05) is 20.8 Å². The third-order valence-electron chi connectivity index (χ3n) is 3.09. The van der Waals surface area contributed by atoms with E-state index in [1.165, 1.54) is 0 Å². The van der Waals surface area contributed by atoms with E-state index in [1.54, 1.807) is 24.9 Å². The summed E-state index contributed by atoms with van der Waals surface area (Å²) in [5.41, 5.74) is 2.78. The minimum Gasteiger partial charge on any atom is -0.352 e.